The first-order valence-electron chi connectivity index (χ1n) is 6.44. The molecular formula is C14H23ClN2O4. The van der Waals surface area contributed by atoms with Gasteiger partial charge in [0.25, 0.3) is 0 Å². The van der Waals surface area contributed by atoms with Crippen molar-refractivity contribution in [1.82, 2.24) is 5.32 Å². The first-order valence-corrected chi connectivity index (χ1v) is 6.44. The molecule has 0 saturated carbocycles. The van der Waals surface area contributed by atoms with E-state index in [0.29, 0.717) is 24.7 Å². The van der Waals surface area contributed by atoms with Gasteiger partial charge < -0.3 is 25.3 Å². The topological polar surface area (TPSA) is 82.8 Å². The van der Waals surface area contributed by atoms with Gasteiger partial charge in [-0.05, 0) is 24.6 Å². The van der Waals surface area contributed by atoms with Crippen molar-refractivity contribution in [2.24, 2.45) is 5.73 Å². The Morgan fingerprint density at radius 3 is 2.62 bits per heavy atom. The van der Waals surface area contributed by atoms with E-state index in [9.17, 15) is 4.79 Å². The van der Waals surface area contributed by atoms with Crippen molar-refractivity contribution >= 4 is 18.3 Å². The molecule has 0 saturated heterocycles. The van der Waals surface area contributed by atoms with Gasteiger partial charge in [0, 0.05) is 13.7 Å². The molecule has 0 aliphatic heterocycles. The van der Waals surface area contributed by atoms with Crippen molar-refractivity contribution in [1.29, 1.82) is 0 Å². The predicted octanol–water partition coefficient (Wildman–Crippen LogP) is 1.11. The summed E-state index contributed by atoms with van der Waals surface area (Å²) in [7, 11) is 3.09. The number of carbonyl (C=O) groups is 1. The first kappa shape index (κ1) is 19.5. The molecule has 0 bridgehead atoms. The van der Waals surface area contributed by atoms with E-state index in [2.05, 4.69) is 5.32 Å². The quantitative estimate of drug-likeness (QED) is 0.750. The van der Waals surface area contributed by atoms with Crippen molar-refractivity contribution in [3.8, 4) is 11.5 Å². The van der Waals surface area contributed by atoms with Crippen LogP contribution >= 0.6 is 12.4 Å². The number of carbonyl (C=O) groups excluding carboxylic acids is 1. The van der Waals surface area contributed by atoms with Gasteiger partial charge >= 0.3 is 0 Å². The number of benzene rings is 1. The van der Waals surface area contributed by atoms with Crippen molar-refractivity contribution < 1.29 is 19.0 Å². The maximum absolute atomic E-state index is 11.7. The summed E-state index contributed by atoms with van der Waals surface area (Å²) in [4.78, 5) is 11.7. The molecule has 0 aliphatic carbocycles. The first-order chi connectivity index (χ1) is 9.62. The minimum Gasteiger partial charge on any atom is -0.493 e. The number of amides is 1. The van der Waals surface area contributed by atoms with Gasteiger partial charge in [0.15, 0.2) is 11.5 Å². The number of ether oxygens (including phenoxy) is 3. The monoisotopic (exact) mass is 318 g/mol. The Kier molecular flexibility index (Phi) is 9.53. The number of hydrogen-bond acceptors (Lipinski definition) is 5. The lowest BCUT2D eigenvalue weighted by molar-refractivity contribution is -0.123. The normalized spacial score (nSPS) is 11.2. The van der Waals surface area contributed by atoms with Gasteiger partial charge in [-0.3, -0.25) is 4.79 Å². The molecule has 6 nitrogen and oxygen atoms in total. The summed E-state index contributed by atoms with van der Waals surface area (Å²) in [6.45, 7) is 3.02. The molecule has 0 heterocycles. The van der Waals surface area contributed by atoms with Gasteiger partial charge in [-0.15, -0.1) is 12.4 Å². The highest BCUT2D eigenvalue weighted by Gasteiger charge is 2.13. The van der Waals surface area contributed by atoms with Crippen LogP contribution in [0.5, 0.6) is 11.5 Å². The zero-order chi connectivity index (χ0) is 15.0. The van der Waals surface area contributed by atoms with Crippen LogP contribution in [0.1, 0.15) is 12.5 Å². The molecule has 1 unspecified atom stereocenters. The summed E-state index contributed by atoms with van der Waals surface area (Å²) >= 11 is 0. The minimum absolute atomic E-state index is 0. The number of nitrogens with two attached hydrogens (primary N) is 1. The third kappa shape index (κ3) is 6.20. The SMILES string of the molecule is CCOc1cc(CNC(=O)C(N)COC)ccc1OC.Cl. The van der Waals surface area contributed by atoms with Gasteiger partial charge in [-0.2, -0.15) is 0 Å². The van der Waals surface area contributed by atoms with Crippen LogP contribution in [0, 0.1) is 0 Å². The van der Waals surface area contributed by atoms with Crippen LogP contribution in [0.4, 0.5) is 0 Å². The van der Waals surface area contributed by atoms with Crippen LogP contribution < -0.4 is 20.5 Å². The molecule has 120 valence electrons. The molecule has 1 rings (SSSR count). The number of rotatable bonds is 8. The molecule has 0 spiro atoms. The van der Waals surface area contributed by atoms with Crippen LogP contribution in [0.15, 0.2) is 18.2 Å². The third-order valence-corrected chi connectivity index (χ3v) is 2.68. The Morgan fingerprint density at radius 2 is 2.05 bits per heavy atom. The summed E-state index contributed by atoms with van der Waals surface area (Å²) in [5, 5.41) is 2.75. The van der Waals surface area contributed by atoms with E-state index in [-0.39, 0.29) is 24.9 Å². The lowest BCUT2D eigenvalue weighted by atomic mass is 10.2. The number of hydrogen-bond donors (Lipinski definition) is 2. The molecule has 7 heteroatoms. The largest absolute Gasteiger partial charge is 0.493 e. The summed E-state index contributed by atoms with van der Waals surface area (Å²) in [5.41, 5.74) is 6.54. The number of halogens is 1. The van der Waals surface area contributed by atoms with Crippen molar-refractivity contribution in [3.63, 3.8) is 0 Å². The maximum atomic E-state index is 11.7. The van der Waals surface area contributed by atoms with Crippen LogP contribution in [-0.4, -0.2) is 39.4 Å². The molecular weight excluding hydrogens is 296 g/mol. The highest BCUT2D eigenvalue weighted by atomic mass is 35.5. The molecule has 0 aliphatic rings. The van der Waals surface area contributed by atoms with Crippen molar-refractivity contribution in [2.45, 2.75) is 19.5 Å². The van der Waals surface area contributed by atoms with E-state index in [4.69, 9.17) is 19.9 Å². The summed E-state index contributed by atoms with van der Waals surface area (Å²) < 4.78 is 15.5. The number of nitrogens with one attached hydrogen (secondary N) is 1. The second-order valence-electron chi connectivity index (χ2n) is 4.20. The summed E-state index contributed by atoms with van der Waals surface area (Å²) in [6.07, 6.45) is 0. The van der Waals surface area contributed by atoms with Crippen molar-refractivity contribution in [3.05, 3.63) is 23.8 Å². The third-order valence-electron chi connectivity index (χ3n) is 2.68. The second kappa shape index (κ2) is 10.3. The average Bonchev–Trinajstić information content (AvgIpc) is 2.45. The van der Waals surface area contributed by atoms with Gasteiger partial charge in [0.2, 0.25) is 5.91 Å². The van der Waals surface area contributed by atoms with E-state index in [1.165, 1.54) is 7.11 Å². The standard InChI is InChI=1S/C14H22N2O4.ClH/c1-4-20-13-7-10(5-6-12(13)19-3)8-16-14(17)11(15)9-18-2;/h5-7,11H,4,8-9,15H2,1-3H3,(H,16,17);1H. The van der Waals surface area contributed by atoms with Crippen LogP contribution in [-0.2, 0) is 16.1 Å². The van der Waals surface area contributed by atoms with Crippen LogP contribution in [0.25, 0.3) is 0 Å². The van der Waals surface area contributed by atoms with Gasteiger partial charge in [0.05, 0.1) is 20.3 Å². The lowest BCUT2D eigenvalue weighted by Crippen LogP contribution is -2.43. The Labute approximate surface area is 131 Å². The molecule has 0 fully saturated rings. The van der Waals surface area contributed by atoms with E-state index >= 15 is 0 Å². The van der Waals surface area contributed by atoms with E-state index in [1.54, 1.807) is 7.11 Å². The van der Waals surface area contributed by atoms with E-state index < -0.39 is 6.04 Å². The van der Waals surface area contributed by atoms with Crippen LogP contribution in [0.2, 0.25) is 0 Å². The maximum Gasteiger partial charge on any atom is 0.239 e. The Hall–Kier alpha value is -1.50. The van der Waals surface area contributed by atoms with Crippen molar-refractivity contribution in [2.75, 3.05) is 27.4 Å². The smallest absolute Gasteiger partial charge is 0.239 e. The highest BCUT2D eigenvalue weighted by molar-refractivity contribution is 5.85. The van der Waals surface area contributed by atoms with E-state index in [0.717, 1.165) is 5.56 Å². The molecule has 1 amide bonds. The number of methoxy groups -OCH3 is 2. The predicted molar refractivity (Wildman–Crippen MR) is 83.1 cm³/mol. The Balaban J connectivity index is 0.00000400. The fourth-order valence-corrected chi connectivity index (χ4v) is 1.67. The molecule has 3 N–H and O–H groups in total. The summed E-state index contributed by atoms with van der Waals surface area (Å²) in [6, 6.07) is 4.85. The fraction of sp³-hybridized carbons (Fsp3) is 0.500. The molecule has 0 aromatic heterocycles. The minimum atomic E-state index is -0.662. The molecule has 1 atom stereocenters. The Morgan fingerprint density at radius 1 is 1.33 bits per heavy atom. The van der Waals surface area contributed by atoms with Gasteiger partial charge in [-0.1, -0.05) is 6.07 Å². The Bertz CT molecular complexity index is 443. The van der Waals surface area contributed by atoms with Gasteiger partial charge in [0.1, 0.15) is 6.04 Å². The zero-order valence-corrected chi connectivity index (χ0v) is 13.4. The molecule has 1 aromatic carbocycles. The summed E-state index contributed by atoms with van der Waals surface area (Å²) in [5.74, 6) is 1.07. The molecule has 1 aromatic rings. The molecule has 21 heavy (non-hydrogen) atoms. The average molecular weight is 319 g/mol. The van der Waals surface area contributed by atoms with E-state index in [1.807, 2.05) is 25.1 Å². The van der Waals surface area contributed by atoms with Crippen LogP contribution in [0.3, 0.4) is 0 Å². The highest BCUT2D eigenvalue weighted by Crippen LogP contribution is 2.27. The molecule has 0 radical (unpaired) electrons. The second-order valence-corrected chi connectivity index (χ2v) is 4.20. The lowest BCUT2D eigenvalue weighted by Gasteiger charge is -2.13. The van der Waals surface area contributed by atoms with Gasteiger partial charge in [-0.25, -0.2) is 0 Å². The zero-order valence-electron chi connectivity index (χ0n) is 12.5. The fourth-order valence-electron chi connectivity index (χ4n) is 1.67.